The Morgan fingerprint density at radius 3 is 2.44 bits per heavy atom. The van der Waals surface area contributed by atoms with Crippen LogP contribution >= 0.6 is 0 Å². The normalized spacial score (nSPS) is 27.2. The second-order valence-corrected chi connectivity index (χ2v) is 5.45. The lowest BCUT2D eigenvalue weighted by molar-refractivity contribution is 0.0877. The molecule has 0 aliphatic carbocycles. The molecule has 1 N–H and O–H groups in total. The van der Waals surface area contributed by atoms with E-state index in [1.807, 2.05) is 6.08 Å². The zero-order valence-corrected chi connectivity index (χ0v) is 10.8. The van der Waals surface area contributed by atoms with E-state index in [0.29, 0.717) is 12.1 Å². The van der Waals surface area contributed by atoms with Crippen molar-refractivity contribution in [2.75, 3.05) is 6.54 Å². The molecule has 0 radical (unpaired) electrons. The van der Waals surface area contributed by atoms with Gasteiger partial charge in [-0.15, -0.1) is 6.58 Å². The van der Waals surface area contributed by atoms with E-state index in [0.717, 1.165) is 19.4 Å². The van der Waals surface area contributed by atoms with Crippen LogP contribution in [0.4, 0.5) is 0 Å². The summed E-state index contributed by atoms with van der Waals surface area (Å²) in [7, 11) is 0. The predicted molar refractivity (Wildman–Crippen MR) is 73.3 cm³/mol. The van der Waals surface area contributed by atoms with Crippen LogP contribution in [-0.2, 0) is 0 Å². The Morgan fingerprint density at radius 2 is 1.89 bits per heavy atom. The molecule has 1 aromatic carbocycles. The molecule has 96 valence electrons. The summed E-state index contributed by atoms with van der Waals surface area (Å²) in [4.78, 5) is 2.50. The first-order valence-electron chi connectivity index (χ1n) is 6.95. The SMILES string of the molecule is C=CCC[C@@H](O)CN1[C@H]2CC[C@H]1c1ccccc12. The lowest BCUT2D eigenvalue weighted by Crippen LogP contribution is -2.30. The zero-order chi connectivity index (χ0) is 12.5. The molecule has 2 bridgehead atoms. The first kappa shape index (κ1) is 11.9. The van der Waals surface area contributed by atoms with E-state index in [1.165, 1.54) is 24.0 Å². The number of aliphatic hydroxyl groups excluding tert-OH is 1. The van der Waals surface area contributed by atoms with Gasteiger partial charge in [-0.2, -0.15) is 0 Å². The fourth-order valence-corrected chi connectivity index (χ4v) is 3.55. The van der Waals surface area contributed by atoms with Crippen LogP contribution in [0, 0.1) is 0 Å². The largest absolute Gasteiger partial charge is 0.392 e. The van der Waals surface area contributed by atoms with Crippen LogP contribution in [0.15, 0.2) is 36.9 Å². The number of rotatable bonds is 5. The number of hydrogen-bond donors (Lipinski definition) is 1. The molecule has 3 rings (SSSR count). The number of aliphatic hydroxyl groups is 1. The van der Waals surface area contributed by atoms with E-state index < -0.39 is 0 Å². The smallest absolute Gasteiger partial charge is 0.0670 e. The van der Waals surface area contributed by atoms with Crippen LogP contribution in [0.2, 0.25) is 0 Å². The average Bonchev–Trinajstić information content (AvgIpc) is 2.92. The van der Waals surface area contributed by atoms with Crippen LogP contribution in [-0.4, -0.2) is 22.7 Å². The third-order valence-electron chi connectivity index (χ3n) is 4.35. The molecular formula is C16H21NO. The van der Waals surface area contributed by atoms with Crippen LogP contribution in [0.3, 0.4) is 0 Å². The first-order valence-corrected chi connectivity index (χ1v) is 6.95. The summed E-state index contributed by atoms with van der Waals surface area (Å²) < 4.78 is 0. The molecule has 0 aromatic heterocycles. The van der Waals surface area contributed by atoms with Crippen molar-refractivity contribution in [1.82, 2.24) is 4.90 Å². The van der Waals surface area contributed by atoms with Crippen LogP contribution < -0.4 is 0 Å². The van der Waals surface area contributed by atoms with E-state index in [1.54, 1.807) is 0 Å². The highest BCUT2D eigenvalue weighted by Crippen LogP contribution is 2.52. The van der Waals surface area contributed by atoms with Gasteiger partial charge >= 0.3 is 0 Å². The molecule has 3 atom stereocenters. The van der Waals surface area contributed by atoms with Gasteiger partial charge in [0.25, 0.3) is 0 Å². The first-order chi connectivity index (χ1) is 8.81. The van der Waals surface area contributed by atoms with Crippen LogP contribution in [0.1, 0.15) is 48.9 Å². The number of benzene rings is 1. The van der Waals surface area contributed by atoms with E-state index in [2.05, 4.69) is 35.7 Å². The van der Waals surface area contributed by atoms with E-state index in [4.69, 9.17) is 0 Å². The average molecular weight is 243 g/mol. The van der Waals surface area contributed by atoms with Crippen molar-refractivity contribution >= 4 is 0 Å². The number of hydrogen-bond acceptors (Lipinski definition) is 2. The van der Waals surface area contributed by atoms with Gasteiger partial charge in [0.05, 0.1) is 6.10 Å². The van der Waals surface area contributed by atoms with Crippen molar-refractivity contribution in [2.45, 2.75) is 43.9 Å². The Balaban J connectivity index is 1.72. The summed E-state index contributed by atoms with van der Waals surface area (Å²) in [6.07, 6.45) is 5.88. The highest BCUT2D eigenvalue weighted by molar-refractivity contribution is 5.39. The van der Waals surface area contributed by atoms with Crippen molar-refractivity contribution in [3.05, 3.63) is 48.0 Å². The van der Waals surface area contributed by atoms with Crippen molar-refractivity contribution in [2.24, 2.45) is 0 Å². The maximum absolute atomic E-state index is 10.1. The molecule has 0 saturated carbocycles. The molecule has 2 aliphatic heterocycles. The topological polar surface area (TPSA) is 23.5 Å². The standard InChI is InChI=1S/C16H21NO/c1-2-3-6-12(18)11-17-15-9-10-16(17)14-8-5-4-7-13(14)15/h2,4-5,7-8,12,15-16,18H,1,3,6,9-11H2/t12-,15+,16+/m1/s1. The Kier molecular flexibility index (Phi) is 3.23. The maximum Gasteiger partial charge on any atom is 0.0670 e. The van der Waals surface area contributed by atoms with Gasteiger partial charge in [-0.05, 0) is 36.8 Å². The van der Waals surface area contributed by atoms with Gasteiger partial charge in [0.15, 0.2) is 0 Å². The van der Waals surface area contributed by atoms with Crippen molar-refractivity contribution < 1.29 is 5.11 Å². The van der Waals surface area contributed by atoms with Gasteiger partial charge < -0.3 is 5.11 Å². The minimum absolute atomic E-state index is 0.222. The lowest BCUT2D eigenvalue weighted by Gasteiger charge is -2.24. The van der Waals surface area contributed by atoms with Gasteiger partial charge in [-0.25, -0.2) is 0 Å². The molecule has 2 aliphatic rings. The third kappa shape index (κ3) is 1.90. The highest BCUT2D eigenvalue weighted by Gasteiger charge is 2.43. The fourth-order valence-electron chi connectivity index (χ4n) is 3.55. The van der Waals surface area contributed by atoms with Gasteiger partial charge in [0, 0.05) is 18.6 Å². The summed E-state index contributed by atoms with van der Waals surface area (Å²) in [6.45, 7) is 4.52. The molecule has 1 aromatic rings. The van der Waals surface area contributed by atoms with Gasteiger partial charge in [-0.1, -0.05) is 30.3 Å². The number of nitrogens with zero attached hydrogens (tertiary/aromatic N) is 1. The van der Waals surface area contributed by atoms with Crippen LogP contribution in [0.25, 0.3) is 0 Å². The van der Waals surface area contributed by atoms with Gasteiger partial charge in [-0.3, -0.25) is 4.90 Å². The minimum atomic E-state index is -0.222. The maximum atomic E-state index is 10.1. The Bertz CT molecular complexity index is 411. The van der Waals surface area contributed by atoms with Crippen molar-refractivity contribution in [3.63, 3.8) is 0 Å². The van der Waals surface area contributed by atoms with E-state index >= 15 is 0 Å². The second kappa shape index (κ2) is 4.87. The predicted octanol–water partition coefficient (Wildman–Crippen LogP) is 3.21. The molecule has 0 spiro atoms. The lowest BCUT2D eigenvalue weighted by atomic mass is 9.92. The minimum Gasteiger partial charge on any atom is -0.392 e. The second-order valence-electron chi connectivity index (χ2n) is 5.45. The molecule has 1 saturated heterocycles. The summed E-state index contributed by atoms with van der Waals surface area (Å²) in [5, 5.41) is 10.1. The molecule has 2 heteroatoms. The molecule has 2 nitrogen and oxygen atoms in total. The Morgan fingerprint density at radius 1 is 1.28 bits per heavy atom. The monoisotopic (exact) mass is 243 g/mol. The highest BCUT2D eigenvalue weighted by atomic mass is 16.3. The summed E-state index contributed by atoms with van der Waals surface area (Å²) >= 11 is 0. The van der Waals surface area contributed by atoms with E-state index in [9.17, 15) is 5.11 Å². The van der Waals surface area contributed by atoms with E-state index in [-0.39, 0.29) is 6.10 Å². The van der Waals surface area contributed by atoms with Crippen molar-refractivity contribution in [3.8, 4) is 0 Å². The summed E-state index contributed by atoms with van der Waals surface area (Å²) in [5.74, 6) is 0. The summed E-state index contributed by atoms with van der Waals surface area (Å²) in [5.41, 5.74) is 2.98. The number of allylic oxidation sites excluding steroid dienone is 1. The summed E-state index contributed by atoms with van der Waals surface area (Å²) in [6, 6.07) is 9.86. The van der Waals surface area contributed by atoms with Crippen molar-refractivity contribution in [1.29, 1.82) is 0 Å². The molecule has 2 heterocycles. The molecule has 0 amide bonds. The van der Waals surface area contributed by atoms with Crippen LogP contribution in [0.5, 0.6) is 0 Å². The number of fused-ring (bicyclic) bond motifs is 5. The quantitative estimate of drug-likeness (QED) is 0.803. The Labute approximate surface area is 109 Å². The molecular weight excluding hydrogens is 222 g/mol. The van der Waals surface area contributed by atoms with Gasteiger partial charge in [0.1, 0.15) is 0 Å². The Hall–Kier alpha value is -1.12. The third-order valence-corrected chi connectivity index (χ3v) is 4.35. The molecule has 1 fully saturated rings. The zero-order valence-electron chi connectivity index (χ0n) is 10.8. The molecule has 0 unspecified atom stereocenters. The van der Waals surface area contributed by atoms with Gasteiger partial charge in [0.2, 0.25) is 0 Å². The fraction of sp³-hybridized carbons (Fsp3) is 0.500. The molecule has 18 heavy (non-hydrogen) atoms.